The van der Waals surface area contributed by atoms with Crippen molar-refractivity contribution in [2.75, 3.05) is 7.11 Å². The third-order valence-corrected chi connectivity index (χ3v) is 7.41. The Bertz CT molecular complexity index is 1180. The highest BCUT2D eigenvalue weighted by Gasteiger charge is 2.38. The smallest absolute Gasteiger partial charge is 0.307 e. The maximum atomic E-state index is 13.6. The number of hydrogen-bond donors (Lipinski definition) is 2. The highest BCUT2D eigenvalue weighted by atomic mass is 16.5. The number of carbonyl (C=O) groups excluding carboxylic acids is 4. The van der Waals surface area contributed by atoms with Crippen molar-refractivity contribution in [3.05, 3.63) is 71.3 Å². The van der Waals surface area contributed by atoms with Crippen LogP contribution in [0.5, 0.6) is 0 Å². The molecule has 9 nitrogen and oxygen atoms in total. The van der Waals surface area contributed by atoms with Crippen LogP contribution in [-0.4, -0.2) is 47.9 Å². The third kappa shape index (κ3) is 8.49. The summed E-state index contributed by atoms with van der Waals surface area (Å²) in [5, 5.41) is 12.5. The van der Waals surface area contributed by atoms with E-state index >= 15 is 0 Å². The maximum absolute atomic E-state index is 13.6. The molecule has 3 atom stereocenters. The summed E-state index contributed by atoms with van der Waals surface area (Å²) in [7, 11) is 1.19. The third-order valence-electron chi connectivity index (χ3n) is 7.41. The van der Waals surface area contributed by atoms with Crippen molar-refractivity contribution < 1.29 is 38.6 Å². The van der Waals surface area contributed by atoms with E-state index < -0.39 is 47.5 Å². The normalized spacial score (nSPS) is 15.0. The maximum Gasteiger partial charge on any atom is 0.307 e. The molecule has 0 radical (unpaired) electrons. The molecule has 2 aromatic rings. The molecule has 0 saturated carbocycles. The van der Waals surface area contributed by atoms with Gasteiger partial charge in [0.1, 0.15) is 6.61 Å². The average molecular weight is 552 g/mol. The predicted octanol–water partition coefficient (Wildman–Crippen LogP) is 3.52. The summed E-state index contributed by atoms with van der Waals surface area (Å²) in [6, 6.07) is 15.8. The SMILES string of the molecule is COC(=O)C[C@H](CC(=O)OCc1ccccc1)C(=O)N[C@H](C(=O)C[C@H](C(=O)O)C(C)C)C1Cc2ccccc2C1. The topological polar surface area (TPSA) is 136 Å². The average Bonchev–Trinajstić information content (AvgIpc) is 3.37. The van der Waals surface area contributed by atoms with E-state index in [0.717, 1.165) is 16.7 Å². The number of ketones is 1. The van der Waals surface area contributed by atoms with Crippen LogP contribution in [0.3, 0.4) is 0 Å². The van der Waals surface area contributed by atoms with Crippen LogP contribution in [0.25, 0.3) is 0 Å². The molecule has 1 amide bonds. The predicted molar refractivity (Wildman–Crippen MR) is 146 cm³/mol. The minimum absolute atomic E-state index is 0.0134. The Morgan fingerprint density at radius 3 is 2.00 bits per heavy atom. The molecule has 214 valence electrons. The fourth-order valence-corrected chi connectivity index (χ4v) is 5.05. The zero-order valence-corrected chi connectivity index (χ0v) is 23.1. The van der Waals surface area contributed by atoms with Crippen molar-refractivity contribution in [1.29, 1.82) is 0 Å². The minimum atomic E-state index is -1.13. The van der Waals surface area contributed by atoms with Crippen LogP contribution < -0.4 is 5.32 Å². The molecule has 9 heteroatoms. The zero-order valence-electron chi connectivity index (χ0n) is 23.1. The zero-order chi connectivity index (χ0) is 29.2. The Hall–Kier alpha value is -4.01. The molecule has 1 aliphatic rings. The number of benzene rings is 2. The molecule has 1 aliphatic carbocycles. The van der Waals surface area contributed by atoms with Crippen LogP contribution in [0.2, 0.25) is 0 Å². The van der Waals surface area contributed by atoms with E-state index in [2.05, 4.69) is 5.32 Å². The lowest BCUT2D eigenvalue weighted by Crippen LogP contribution is -2.49. The number of carbonyl (C=O) groups is 5. The molecule has 0 unspecified atom stereocenters. The van der Waals surface area contributed by atoms with E-state index in [-0.39, 0.29) is 37.7 Å². The first-order valence-electron chi connectivity index (χ1n) is 13.5. The Labute approximate surface area is 234 Å². The van der Waals surface area contributed by atoms with E-state index in [1.54, 1.807) is 26.0 Å². The van der Waals surface area contributed by atoms with Gasteiger partial charge in [-0.05, 0) is 41.4 Å². The van der Waals surface area contributed by atoms with Gasteiger partial charge in [-0.3, -0.25) is 24.0 Å². The molecular formula is C31H37NO8. The first kappa shape index (κ1) is 30.5. The molecule has 2 aromatic carbocycles. The van der Waals surface area contributed by atoms with Crippen LogP contribution in [0, 0.1) is 23.7 Å². The van der Waals surface area contributed by atoms with Gasteiger partial charge < -0.3 is 19.9 Å². The molecule has 0 spiro atoms. The van der Waals surface area contributed by atoms with E-state index in [9.17, 15) is 29.1 Å². The van der Waals surface area contributed by atoms with Crippen molar-refractivity contribution in [3.63, 3.8) is 0 Å². The molecule has 0 saturated heterocycles. The number of hydrogen-bond acceptors (Lipinski definition) is 7. The van der Waals surface area contributed by atoms with E-state index in [4.69, 9.17) is 9.47 Å². The van der Waals surface area contributed by atoms with Crippen molar-refractivity contribution in [3.8, 4) is 0 Å². The Morgan fingerprint density at radius 1 is 0.875 bits per heavy atom. The highest BCUT2D eigenvalue weighted by Crippen LogP contribution is 2.31. The summed E-state index contributed by atoms with van der Waals surface area (Å²) in [6.07, 6.45) is 0.0628. The van der Waals surface area contributed by atoms with Gasteiger partial charge >= 0.3 is 17.9 Å². The lowest BCUT2D eigenvalue weighted by Gasteiger charge is -2.27. The number of esters is 2. The standard InChI is InChI=1S/C31H37NO8/c1-19(2)25(31(37)38)17-26(33)29(23-13-21-11-7-8-12-22(21)14-23)32-30(36)24(15-27(34)39-3)16-28(35)40-18-20-9-5-4-6-10-20/h4-12,19,23-25,29H,13-18H2,1-3H3,(H,32,36)(H,37,38)/t24-,25+,29+/m1/s1. The number of nitrogens with one attached hydrogen (secondary N) is 1. The van der Waals surface area contributed by atoms with E-state index in [1.807, 2.05) is 42.5 Å². The summed E-state index contributed by atoms with van der Waals surface area (Å²) in [5.41, 5.74) is 2.90. The van der Waals surface area contributed by atoms with E-state index in [1.165, 1.54) is 7.11 Å². The Morgan fingerprint density at radius 2 is 1.45 bits per heavy atom. The Balaban J connectivity index is 1.78. The number of carboxylic acids is 1. The van der Waals surface area contributed by atoms with Crippen molar-refractivity contribution in [2.24, 2.45) is 23.7 Å². The number of amides is 1. The first-order chi connectivity index (χ1) is 19.1. The molecule has 0 bridgehead atoms. The van der Waals surface area contributed by atoms with Gasteiger partial charge in [-0.15, -0.1) is 0 Å². The fraction of sp³-hybridized carbons (Fsp3) is 0.452. The number of carboxylic acid groups (broad SMARTS) is 1. The summed E-state index contributed by atoms with van der Waals surface area (Å²) in [4.78, 5) is 63.6. The van der Waals surface area contributed by atoms with Crippen LogP contribution >= 0.6 is 0 Å². The summed E-state index contributed by atoms with van der Waals surface area (Å²) >= 11 is 0. The van der Waals surface area contributed by atoms with E-state index in [0.29, 0.717) is 12.8 Å². The highest BCUT2D eigenvalue weighted by molar-refractivity contribution is 5.94. The molecule has 0 aliphatic heterocycles. The van der Waals surface area contributed by atoms with Gasteiger partial charge in [-0.2, -0.15) is 0 Å². The number of methoxy groups -OCH3 is 1. The quantitative estimate of drug-likeness (QED) is 0.341. The minimum Gasteiger partial charge on any atom is -0.481 e. The van der Waals surface area contributed by atoms with Crippen molar-refractivity contribution in [2.45, 2.75) is 58.6 Å². The monoisotopic (exact) mass is 551 g/mol. The number of fused-ring (bicyclic) bond motifs is 1. The lowest BCUT2D eigenvalue weighted by atomic mass is 9.84. The molecule has 40 heavy (non-hydrogen) atoms. The summed E-state index contributed by atoms with van der Waals surface area (Å²) < 4.78 is 10.1. The van der Waals surface area contributed by atoms with Gasteiger partial charge in [0.25, 0.3) is 0 Å². The van der Waals surface area contributed by atoms with Crippen LogP contribution in [-0.2, 0) is 52.9 Å². The largest absolute Gasteiger partial charge is 0.481 e. The molecule has 3 rings (SSSR count). The molecule has 0 fully saturated rings. The fourth-order valence-electron chi connectivity index (χ4n) is 5.05. The number of Topliss-reactive ketones (excluding diaryl/α,β-unsaturated/α-hetero) is 1. The summed E-state index contributed by atoms with van der Waals surface area (Å²) in [6.45, 7) is 3.48. The second kappa shape index (κ2) is 14.4. The molecule has 0 aromatic heterocycles. The first-order valence-corrected chi connectivity index (χ1v) is 13.5. The van der Waals surface area contributed by atoms with Crippen molar-refractivity contribution >= 4 is 29.6 Å². The van der Waals surface area contributed by atoms with Gasteiger partial charge in [0.15, 0.2) is 5.78 Å². The molecule has 2 N–H and O–H groups in total. The number of ether oxygens (including phenoxy) is 2. The second-order valence-electron chi connectivity index (χ2n) is 10.6. The summed E-state index contributed by atoms with van der Waals surface area (Å²) in [5.74, 6) is -6.10. The van der Waals surface area contributed by atoms with Gasteiger partial charge in [-0.25, -0.2) is 0 Å². The van der Waals surface area contributed by atoms with Gasteiger partial charge in [0, 0.05) is 6.42 Å². The van der Waals surface area contributed by atoms with Gasteiger partial charge in [0.2, 0.25) is 5.91 Å². The van der Waals surface area contributed by atoms with Crippen molar-refractivity contribution in [1.82, 2.24) is 5.32 Å². The van der Waals surface area contributed by atoms with Gasteiger partial charge in [0.05, 0.1) is 37.8 Å². The number of rotatable bonds is 14. The Kier molecular flexibility index (Phi) is 11.0. The lowest BCUT2D eigenvalue weighted by molar-refractivity contribution is -0.151. The molecule has 0 heterocycles. The van der Waals surface area contributed by atoms with Gasteiger partial charge in [-0.1, -0.05) is 68.4 Å². The van der Waals surface area contributed by atoms with Crippen LogP contribution in [0.1, 0.15) is 49.8 Å². The van der Waals surface area contributed by atoms with Crippen LogP contribution in [0.15, 0.2) is 54.6 Å². The second-order valence-corrected chi connectivity index (χ2v) is 10.6. The van der Waals surface area contributed by atoms with Crippen LogP contribution in [0.4, 0.5) is 0 Å². The number of aliphatic carboxylic acids is 1. The molecular weight excluding hydrogens is 514 g/mol.